The Kier molecular flexibility index (Phi) is 4.15. The number of benzene rings is 1. The van der Waals surface area contributed by atoms with Crippen molar-refractivity contribution in [2.75, 3.05) is 0 Å². The van der Waals surface area contributed by atoms with E-state index >= 15 is 0 Å². The zero-order chi connectivity index (χ0) is 12.3. The van der Waals surface area contributed by atoms with Crippen molar-refractivity contribution in [3.05, 3.63) is 34.6 Å². The van der Waals surface area contributed by atoms with Crippen LogP contribution in [0.15, 0.2) is 18.2 Å². The number of aliphatic hydroxyl groups excluding tert-OH is 1. The predicted octanol–water partition coefficient (Wildman–Crippen LogP) is 3.33. The second kappa shape index (κ2) is 5.01. The minimum atomic E-state index is -4.48. The van der Waals surface area contributed by atoms with E-state index in [0.717, 1.165) is 6.07 Å². The molecular weight excluding hydrogens is 248 g/mol. The molecular formula is C10H9ClF4O. The van der Waals surface area contributed by atoms with Crippen LogP contribution in [0.1, 0.15) is 12.0 Å². The minimum absolute atomic E-state index is 0.0150. The molecule has 1 aromatic rings. The first-order valence-corrected chi connectivity index (χ1v) is 4.85. The first kappa shape index (κ1) is 13.3. The third-order valence-electron chi connectivity index (χ3n) is 1.97. The quantitative estimate of drug-likeness (QED) is 0.823. The summed E-state index contributed by atoms with van der Waals surface area (Å²) in [5.74, 6) is -0.714. The summed E-state index contributed by atoms with van der Waals surface area (Å²) in [6, 6.07) is 3.79. The van der Waals surface area contributed by atoms with Crippen LogP contribution < -0.4 is 0 Å². The van der Waals surface area contributed by atoms with E-state index in [0.29, 0.717) is 0 Å². The molecule has 0 aliphatic carbocycles. The summed E-state index contributed by atoms with van der Waals surface area (Å²) in [5, 5.41) is 9.16. The maximum absolute atomic E-state index is 13.2. The molecule has 0 aliphatic heterocycles. The molecule has 0 spiro atoms. The summed E-state index contributed by atoms with van der Waals surface area (Å²) in [6.07, 6.45) is -7.99. The highest BCUT2D eigenvalue weighted by atomic mass is 35.5. The van der Waals surface area contributed by atoms with Gasteiger partial charge in [-0.25, -0.2) is 4.39 Å². The average molecular weight is 257 g/mol. The monoisotopic (exact) mass is 256 g/mol. The number of halogens is 5. The average Bonchev–Trinajstić information content (AvgIpc) is 2.08. The Morgan fingerprint density at radius 2 is 1.94 bits per heavy atom. The highest BCUT2D eigenvalue weighted by molar-refractivity contribution is 6.31. The lowest BCUT2D eigenvalue weighted by molar-refractivity contribution is -0.153. The Morgan fingerprint density at radius 3 is 2.44 bits per heavy atom. The molecule has 0 aliphatic rings. The van der Waals surface area contributed by atoms with Crippen molar-refractivity contribution >= 4 is 11.6 Å². The van der Waals surface area contributed by atoms with Gasteiger partial charge in [-0.15, -0.1) is 0 Å². The number of aliphatic hydroxyl groups is 1. The molecule has 0 heterocycles. The molecule has 0 saturated heterocycles. The van der Waals surface area contributed by atoms with Gasteiger partial charge in [0, 0.05) is 17.0 Å². The molecule has 0 bridgehead atoms. The zero-order valence-corrected chi connectivity index (χ0v) is 8.82. The highest BCUT2D eigenvalue weighted by Crippen LogP contribution is 2.26. The topological polar surface area (TPSA) is 20.2 Å². The molecule has 1 N–H and O–H groups in total. The lowest BCUT2D eigenvalue weighted by Crippen LogP contribution is -2.21. The van der Waals surface area contributed by atoms with Gasteiger partial charge in [0.1, 0.15) is 5.82 Å². The normalized spacial score (nSPS) is 13.9. The van der Waals surface area contributed by atoms with E-state index in [1.54, 1.807) is 0 Å². The smallest absolute Gasteiger partial charge is 0.391 e. The standard InChI is InChI=1S/C10H9ClF4O/c11-8-2-1-3-9(12)7(8)4-6(16)5-10(13,14)15/h1-3,6,16H,4-5H2. The van der Waals surface area contributed by atoms with E-state index in [1.807, 2.05) is 0 Å². The van der Waals surface area contributed by atoms with Crippen molar-refractivity contribution < 1.29 is 22.7 Å². The molecule has 1 rings (SSSR count). The molecule has 0 fully saturated rings. The van der Waals surface area contributed by atoms with Crippen LogP contribution in [0.4, 0.5) is 17.6 Å². The summed E-state index contributed by atoms with van der Waals surface area (Å²) in [7, 11) is 0. The van der Waals surface area contributed by atoms with E-state index < -0.39 is 30.9 Å². The largest absolute Gasteiger partial charge is 0.392 e. The molecule has 0 radical (unpaired) electrons. The van der Waals surface area contributed by atoms with E-state index in [1.165, 1.54) is 12.1 Å². The number of hydrogen-bond donors (Lipinski definition) is 1. The van der Waals surface area contributed by atoms with Crippen LogP contribution in [0.25, 0.3) is 0 Å². The fourth-order valence-corrected chi connectivity index (χ4v) is 1.54. The first-order valence-electron chi connectivity index (χ1n) is 4.47. The second-order valence-corrected chi connectivity index (χ2v) is 3.78. The molecule has 0 amide bonds. The third kappa shape index (κ3) is 3.98. The van der Waals surface area contributed by atoms with E-state index in [4.69, 9.17) is 16.7 Å². The van der Waals surface area contributed by atoms with Gasteiger partial charge in [-0.2, -0.15) is 13.2 Å². The Hall–Kier alpha value is -0.810. The lowest BCUT2D eigenvalue weighted by atomic mass is 10.0. The van der Waals surface area contributed by atoms with Gasteiger partial charge in [0.2, 0.25) is 0 Å². The Labute approximate surface area is 94.7 Å². The molecule has 1 unspecified atom stereocenters. The van der Waals surface area contributed by atoms with Crippen molar-refractivity contribution in [1.29, 1.82) is 0 Å². The summed E-state index contributed by atoms with van der Waals surface area (Å²) >= 11 is 5.61. The molecule has 1 aromatic carbocycles. The molecule has 1 atom stereocenters. The van der Waals surface area contributed by atoms with Gasteiger partial charge in [0.05, 0.1) is 12.5 Å². The fourth-order valence-electron chi connectivity index (χ4n) is 1.30. The lowest BCUT2D eigenvalue weighted by Gasteiger charge is -2.14. The molecule has 1 nitrogen and oxygen atoms in total. The van der Waals surface area contributed by atoms with Crippen LogP contribution in [0, 0.1) is 5.82 Å². The zero-order valence-electron chi connectivity index (χ0n) is 8.06. The highest BCUT2D eigenvalue weighted by Gasteiger charge is 2.31. The van der Waals surface area contributed by atoms with Crippen LogP contribution >= 0.6 is 11.6 Å². The fraction of sp³-hybridized carbons (Fsp3) is 0.400. The van der Waals surface area contributed by atoms with Crippen molar-refractivity contribution in [3.63, 3.8) is 0 Å². The second-order valence-electron chi connectivity index (χ2n) is 3.38. The maximum atomic E-state index is 13.2. The van der Waals surface area contributed by atoms with Crippen molar-refractivity contribution in [3.8, 4) is 0 Å². The Balaban J connectivity index is 2.73. The predicted molar refractivity (Wildman–Crippen MR) is 51.8 cm³/mol. The SMILES string of the molecule is OC(Cc1c(F)cccc1Cl)CC(F)(F)F. The molecule has 16 heavy (non-hydrogen) atoms. The summed E-state index contributed by atoms with van der Waals surface area (Å²) in [5.41, 5.74) is -0.0964. The minimum Gasteiger partial charge on any atom is -0.392 e. The van der Waals surface area contributed by atoms with Crippen molar-refractivity contribution in [2.45, 2.75) is 25.1 Å². The van der Waals surface area contributed by atoms with Crippen LogP contribution in [0.5, 0.6) is 0 Å². The molecule has 6 heteroatoms. The van der Waals surface area contributed by atoms with Gasteiger partial charge in [0.15, 0.2) is 0 Å². The molecule has 90 valence electrons. The molecule has 0 saturated carbocycles. The first-order chi connectivity index (χ1) is 7.29. The molecule has 0 aromatic heterocycles. The summed E-state index contributed by atoms with van der Waals surface area (Å²) in [6.45, 7) is 0. The van der Waals surface area contributed by atoms with E-state index in [2.05, 4.69) is 0 Å². The van der Waals surface area contributed by atoms with E-state index in [9.17, 15) is 17.6 Å². The van der Waals surface area contributed by atoms with Crippen LogP contribution in [0.3, 0.4) is 0 Å². The number of alkyl halides is 3. The Morgan fingerprint density at radius 1 is 1.31 bits per heavy atom. The Bertz CT molecular complexity index is 344. The third-order valence-corrected chi connectivity index (χ3v) is 2.32. The van der Waals surface area contributed by atoms with Gasteiger partial charge in [0.25, 0.3) is 0 Å². The van der Waals surface area contributed by atoms with Gasteiger partial charge >= 0.3 is 6.18 Å². The van der Waals surface area contributed by atoms with Gasteiger partial charge in [-0.3, -0.25) is 0 Å². The number of rotatable bonds is 3. The maximum Gasteiger partial charge on any atom is 0.391 e. The summed E-state index contributed by atoms with van der Waals surface area (Å²) < 4.78 is 48.9. The van der Waals surface area contributed by atoms with Gasteiger partial charge in [-0.05, 0) is 12.1 Å². The van der Waals surface area contributed by atoms with Gasteiger partial charge < -0.3 is 5.11 Å². The number of hydrogen-bond acceptors (Lipinski definition) is 1. The van der Waals surface area contributed by atoms with E-state index in [-0.39, 0.29) is 10.6 Å². The van der Waals surface area contributed by atoms with Crippen molar-refractivity contribution in [1.82, 2.24) is 0 Å². The van der Waals surface area contributed by atoms with Gasteiger partial charge in [-0.1, -0.05) is 17.7 Å². The van der Waals surface area contributed by atoms with Crippen LogP contribution in [-0.4, -0.2) is 17.4 Å². The van der Waals surface area contributed by atoms with Crippen molar-refractivity contribution in [2.24, 2.45) is 0 Å². The van der Waals surface area contributed by atoms with Crippen LogP contribution in [0.2, 0.25) is 5.02 Å². The van der Waals surface area contributed by atoms with Crippen LogP contribution in [-0.2, 0) is 6.42 Å². The summed E-state index contributed by atoms with van der Waals surface area (Å²) in [4.78, 5) is 0.